The van der Waals surface area contributed by atoms with Crippen LogP contribution in [-0.4, -0.2) is 24.0 Å². The van der Waals surface area contributed by atoms with Crippen molar-refractivity contribution < 1.29 is 14.3 Å². The highest BCUT2D eigenvalue weighted by molar-refractivity contribution is 7.22. The zero-order valence-electron chi connectivity index (χ0n) is 13.3. The highest BCUT2D eigenvalue weighted by Gasteiger charge is 2.11. The standard InChI is InChI=1S/C18H16N2O3S/c1-11-3-5-12(6-4-11)9-16(21)20-18-19-14-8-7-13(17(22)23-2)10-15(14)24-18/h3-8,10H,9H2,1-2H3,(H,19,20,21). The van der Waals surface area contributed by atoms with Crippen LogP contribution in [0.4, 0.5) is 5.13 Å². The number of methoxy groups -OCH3 is 1. The molecule has 0 radical (unpaired) electrons. The molecular weight excluding hydrogens is 324 g/mol. The molecule has 1 heterocycles. The van der Waals surface area contributed by atoms with Crippen LogP contribution in [0.1, 0.15) is 21.5 Å². The fraction of sp³-hybridized carbons (Fsp3) is 0.167. The Hall–Kier alpha value is -2.73. The number of benzene rings is 2. The fourth-order valence-electron chi connectivity index (χ4n) is 2.28. The maximum Gasteiger partial charge on any atom is 0.337 e. The Balaban J connectivity index is 1.73. The van der Waals surface area contributed by atoms with Gasteiger partial charge in [-0.3, -0.25) is 4.79 Å². The molecule has 0 fully saturated rings. The van der Waals surface area contributed by atoms with Gasteiger partial charge in [0.05, 0.1) is 29.3 Å². The lowest BCUT2D eigenvalue weighted by molar-refractivity contribution is -0.115. The van der Waals surface area contributed by atoms with Crippen LogP contribution in [0.5, 0.6) is 0 Å². The van der Waals surface area contributed by atoms with Gasteiger partial charge in [-0.15, -0.1) is 0 Å². The van der Waals surface area contributed by atoms with Crippen molar-refractivity contribution in [3.05, 3.63) is 59.2 Å². The van der Waals surface area contributed by atoms with E-state index in [2.05, 4.69) is 10.3 Å². The van der Waals surface area contributed by atoms with Gasteiger partial charge in [0.2, 0.25) is 5.91 Å². The molecule has 2 aromatic carbocycles. The van der Waals surface area contributed by atoms with Crippen LogP contribution < -0.4 is 5.32 Å². The summed E-state index contributed by atoms with van der Waals surface area (Å²) >= 11 is 1.33. The van der Waals surface area contributed by atoms with Gasteiger partial charge >= 0.3 is 5.97 Å². The second-order valence-corrected chi connectivity index (χ2v) is 6.43. The number of anilines is 1. The maximum absolute atomic E-state index is 12.1. The number of fused-ring (bicyclic) bond motifs is 1. The number of thiazole rings is 1. The van der Waals surface area contributed by atoms with Gasteiger partial charge in [0.15, 0.2) is 5.13 Å². The maximum atomic E-state index is 12.1. The van der Waals surface area contributed by atoms with E-state index in [0.29, 0.717) is 17.1 Å². The number of hydrogen-bond donors (Lipinski definition) is 1. The summed E-state index contributed by atoms with van der Waals surface area (Å²) in [5, 5.41) is 3.33. The molecule has 0 unspecified atom stereocenters. The Kier molecular flexibility index (Phi) is 4.57. The third-order valence-corrected chi connectivity index (χ3v) is 4.47. The van der Waals surface area contributed by atoms with E-state index in [9.17, 15) is 9.59 Å². The second kappa shape index (κ2) is 6.80. The number of aromatic nitrogens is 1. The minimum Gasteiger partial charge on any atom is -0.465 e. The number of esters is 1. The number of carbonyl (C=O) groups excluding carboxylic acids is 2. The van der Waals surface area contributed by atoms with E-state index >= 15 is 0 Å². The average molecular weight is 340 g/mol. The number of carbonyl (C=O) groups is 2. The number of nitrogens with one attached hydrogen (secondary N) is 1. The Morgan fingerprint density at radius 2 is 1.92 bits per heavy atom. The van der Waals surface area contributed by atoms with Crippen LogP contribution in [0, 0.1) is 6.92 Å². The number of amides is 1. The zero-order chi connectivity index (χ0) is 17.1. The quantitative estimate of drug-likeness (QED) is 0.737. The number of ether oxygens (including phenoxy) is 1. The minimum atomic E-state index is -0.393. The first-order valence-electron chi connectivity index (χ1n) is 7.39. The Labute approximate surface area is 143 Å². The number of nitrogens with zero attached hydrogens (tertiary/aromatic N) is 1. The van der Waals surface area contributed by atoms with E-state index in [0.717, 1.165) is 21.3 Å². The smallest absolute Gasteiger partial charge is 0.337 e. The summed E-state index contributed by atoms with van der Waals surface area (Å²) in [6.45, 7) is 2.01. The van der Waals surface area contributed by atoms with E-state index in [1.54, 1.807) is 18.2 Å². The van der Waals surface area contributed by atoms with Crippen molar-refractivity contribution in [2.45, 2.75) is 13.3 Å². The Morgan fingerprint density at radius 3 is 2.62 bits per heavy atom. The highest BCUT2D eigenvalue weighted by atomic mass is 32.1. The van der Waals surface area contributed by atoms with Crippen molar-refractivity contribution in [3.63, 3.8) is 0 Å². The lowest BCUT2D eigenvalue weighted by atomic mass is 10.1. The molecule has 6 heteroatoms. The minimum absolute atomic E-state index is 0.119. The summed E-state index contributed by atoms with van der Waals surface area (Å²) < 4.78 is 5.53. The summed E-state index contributed by atoms with van der Waals surface area (Å²) in [4.78, 5) is 28.1. The third kappa shape index (κ3) is 3.60. The molecule has 0 aliphatic rings. The van der Waals surface area contributed by atoms with Gasteiger partial charge in [-0.25, -0.2) is 9.78 Å². The molecule has 0 saturated carbocycles. The van der Waals surface area contributed by atoms with Gasteiger partial charge < -0.3 is 10.1 Å². The van der Waals surface area contributed by atoms with Crippen LogP contribution in [0.25, 0.3) is 10.2 Å². The molecular formula is C18H16N2O3S. The first kappa shape index (κ1) is 16.1. The molecule has 0 atom stereocenters. The normalized spacial score (nSPS) is 10.6. The summed E-state index contributed by atoms with van der Waals surface area (Å²) in [5.74, 6) is -0.513. The van der Waals surface area contributed by atoms with Crippen LogP contribution >= 0.6 is 11.3 Å². The van der Waals surface area contributed by atoms with Crippen molar-refractivity contribution in [2.75, 3.05) is 12.4 Å². The molecule has 122 valence electrons. The van der Waals surface area contributed by atoms with Crippen molar-refractivity contribution in [2.24, 2.45) is 0 Å². The molecule has 5 nitrogen and oxygen atoms in total. The molecule has 1 amide bonds. The van der Waals surface area contributed by atoms with E-state index in [-0.39, 0.29) is 5.91 Å². The van der Waals surface area contributed by atoms with E-state index in [1.165, 1.54) is 18.4 Å². The van der Waals surface area contributed by atoms with Crippen LogP contribution in [0.15, 0.2) is 42.5 Å². The molecule has 1 N–H and O–H groups in total. The average Bonchev–Trinajstić information content (AvgIpc) is 2.97. The van der Waals surface area contributed by atoms with E-state index < -0.39 is 5.97 Å². The predicted molar refractivity (Wildman–Crippen MR) is 94.5 cm³/mol. The first-order chi connectivity index (χ1) is 11.5. The van der Waals surface area contributed by atoms with Gasteiger partial charge in [0.25, 0.3) is 0 Å². The van der Waals surface area contributed by atoms with Crippen molar-refractivity contribution >= 4 is 38.6 Å². The van der Waals surface area contributed by atoms with Crippen LogP contribution in [0.3, 0.4) is 0 Å². The number of rotatable bonds is 4. The van der Waals surface area contributed by atoms with E-state index in [4.69, 9.17) is 4.74 Å². The predicted octanol–water partition coefficient (Wildman–Crippen LogP) is 3.57. The summed E-state index contributed by atoms with van der Waals surface area (Å²) in [7, 11) is 1.34. The SMILES string of the molecule is COC(=O)c1ccc2nc(NC(=O)Cc3ccc(C)cc3)sc2c1. The lowest BCUT2D eigenvalue weighted by Crippen LogP contribution is -2.14. The second-order valence-electron chi connectivity index (χ2n) is 5.40. The molecule has 24 heavy (non-hydrogen) atoms. The molecule has 0 saturated heterocycles. The Bertz CT molecular complexity index is 900. The molecule has 3 rings (SSSR count). The molecule has 0 aliphatic carbocycles. The van der Waals surface area contributed by atoms with Crippen LogP contribution in [0.2, 0.25) is 0 Å². The van der Waals surface area contributed by atoms with Crippen LogP contribution in [-0.2, 0) is 16.0 Å². The van der Waals surface area contributed by atoms with Gasteiger partial charge in [-0.1, -0.05) is 41.2 Å². The lowest BCUT2D eigenvalue weighted by Gasteiger charge is -2.02. The molecule has 3 aromatic rings. The van der Waals surface area contributed by atoms with Gasteiger partial charge in [-0.2, -0.15) is 0 Å². The van der Waals surface area contributed by atoms with Gasteiger partial charge in [0.1, 0.15) is 0 Å². The van der Waals surface area contributed by atoms with Crippen molar-refractivity contribution in [1.82, 2.24) is 4.98 Å². The zero-order valence-corrected chi connectivity index (χ0v) is 14.1. The van der Waals surface area contributed by atoms with Gasteiger partial charge in [-0.05, 0) is 30.7 Å². The third-order valence-electron chi connectivity index (χ3n) is 3.54. The molecule has 0 bridgehead atoms. The summed E-state index contributed by atoms with van der Waals surface area (Å²) in [6.07, 6.45) is 0.295. The monoisotopic (exact) mass is 340 g/mol. The Morgan fingerprint density at radius 1 is 1.17 bits per heavy atom. The summed E-state index contributed by atoms with van der Waals surface area (Å²) in [5.41, 5.74) is 3.31. The fourth-order valence-corrected chi connectivity index (χ4v) is 3.20. The van der Waals surface area contributed by atoms with E-state index in [1.807, 2.05) is 31.2 Å². The summed E-state index contributed by atoms with van der Waals surface area (Å²) in [6, 6.07) is 13.0. The van der Waals surface area contributed by atoms with Crippen molar-refractivity contribution in [3.8, 4) is 0 Å². The van der Waals surface area contributed by atoms with Crippen molar-refractivity contribution in [1.29, 1.82) is 0 Å². The molecule has 1 aromatic heterocycles. The topological polar surface area (TPSA) is 68.3 Å². The molecule has 0 spiro atoms. The largest absolute Gasteiger partial charge is 0.465 e. The highest BCUT2D eigenvalue weighted by Crippen LogP contribution is 2.27. The number of hydrogen-bond acceptors (Lipinski definition) is 5. The number of aryl methyl sites for hydroxylation is 1. The van der Waals surface area contributed by atoms with Gasteiger partial charge in [0, 0.05) is 0 Å². The molecule has 0 aliphatic heterocycles. The first-order valence-corrected chi connectivity index (χ1v) is 8.21.